The predicted molar refractivity (Wildman–Crippen MR) is 83.5 cm³/mol. The van der Waals surface area contributed by atoms with Crippen molar-refractivity contribution >= 4 is 28.3 Å². The number of nitrogens with zero attached hydrogens (tertiary/aromatic N) is 2. The fourth-order valence-corrected chi connectivity index (χ4v) is 2.90. The molecule has 0 aliphatic carbocycles. The lowest BCUT2D eigenvalue weighted by molar-refractivity contribution is 0.0951. The van der Waals surface area contributed by atoms with Gasteiger partial charge >= 0.3 is 0 Å². The van der Waals surface area contributed by atoms with Gasteiger partial charge < -0.3 is 10.3 Å². The van der Waals surface area contributed by atoms with E-state index in [0.717, 1.165) is 21.7 Å². The van der Waals surface area contributed by atoms with E-state index in [2.05, 4.69) is 34.1 Å². The van der Waals surface area contributed by atoms with Crippen molar-refractivity contribution in [3.63, 3.8) is 0 Å². The van der Waals surface area contributed by atoms with Crippen LogP contribution in [0.5, 0.6) is 0 Å². The number of imidazole rings is 1. The zero-order chi connectivity index (χ0) is 14.8. The number of benzene rings is 1. The van der Waals surface area contributed by atoms with Crippen LogP contribution in [0.4, 0.5) is 0 Å². The third-order valence-corrected chi connectivity index (χ3v) is 4.11. The van der Waals surface area contributed by atoms with Gasteiger partial charge in [-0.15, -0.1) is 11.3 Å². The zero-order valence-corrected chi connectivity index (χ0v) is 12.7. The van der Waals surface area contributed by atoms with E-state index in [9.17, 15) is 4.79 Å². The minimum Gasteiger partial charge on any atom is -0.346 e. The van der Waals surface area contributed by atoms with E-state index in [1.54, 1.807) is 29.8 Å². The molecule has 0 saturated carbocycles. The van der Waals surface area contributed by atoms with Crippen molar-refractivity contribution < 1.29 is 4.79 Å². The number of aromatic nitrogens is 3. The van der Waals surface area contributed by atoms with E-state index in [1.165, 1.54) is 0 Å². The quantitative estimate of drug-likeness (QED) is 0.778. The fourth-order valence-electron chi connectivity index (χ4n) is 2.01. The van der Waals surface area contributed by atoms with Crippen molar-refractivity contribution in [3.8, 4) is 0 Å². The first-order valence-corrected chi connectivity index (χ1v) is 7.67. The summed E-state index contributed by atoms with van der Waals surface area (Å²) in [7, 11) is 0. The highest BCUT2D eigenvalue weighted by Gasteiger charge is 2.09. The molecule has 108 valence electrons. The van der Waals surface area contributed by atoms with Gasteiger partial charge in [0.05, 0.1) is 29.6 Å². The van der Waals surface area contributed by atoms with E-state index in [1.807, 2.05) is 11.4 Å². The standard InChI is InChI=1S/C15H16N4OS/c1-9(2)13-7-21-14(19-13)6-16-15(20)10-3-4-11-12(5-10)18-8-17-11/h3-5,7-9H,6H2,1-2H3,(H,16,20)(H,17,18). The summed E-state index contributed by atoms with van der Waals surface area (Å²) in [6.07, 6.45) is 1.62. The Balaban J connectivity index is 1.67. The summed E-state index contributed by atoms with van der Waals surface area (Å²) >= 11 is 1.58. The second-order valence-corrected chi connectivity index (χ2v) is 6.08. The van der Waals surface area contributed by atoms with E-state index in [4.69, 9.17) is 0 Å². The fraction of sp³-hybridized carbons (Fsp3) is 0.267. The Morgan fingerprint density at radius 1 is 1.43 bits per heavy atom. The first-order valence-electron chi connectivity index (χ1n) is 6.79. The molecule has 0 aliphatic rings. The Hall–Kier alpha value is -2.21. The zero-order valence-electron chi connectivity index (χ0n) is 11.9. The van der Waals surface area contributed by atoms with Crippen LogP contribution in [0.1, 0.15) is 40.8 Å². The van der Waals surface area contributed by atoms with Crippen LogP contribution in [0.25, 0.3) is 11.0 Å². The van der Waals surface area contributed by atoms with E-state index < -0.39 is 0 Å². The summed E-state index contributed by atoms with van der Waals surface area (Å²) in [4.78, 5) is 23.8. The average molecular weight is 300 g/mol. The predicted octanol–water partition coefficient (Wildman–Crippen LogP) is 3.07. The van der Waals surface area contributed by atoms with Gasteiger partial charge in [-0.25, -0.2) is 9.97 Å². The van der Waals surface area contributed by atoms with Crippen molar-refractivity contribution in [2.45, 2.75) is 26.3 Å². The summed E-state index contributed by atoms with van der Waals surface area (Å²) in [5, 5.41) is 5.87. The number of hydrogen-bond donors (Lipinski definition) is 2. The number of carbonyl (C=O) groups is 1. The van der Waals surface area contributed by atoms with Crippen LogP contribution in [-0.2, 0) is 6.54 Å². The Morgan fingerprint density at radius 2 is 2.29 bits per heavy atom. The molecule has 0 spiro atoms. The molecule has 0 fully saturated rings. The normalized spacial score (nSPS) is 11.2. The van der Waals surface area contributed by atoms with Gasteiger partial charge in [-0.05, 0) is 24.1 Å². The molecule has 0 atom stereocenters. The summed E-state index contributed by atoms with van der Waals surface area (Å²) in [6.45, 7) is 4.67. The van der Waals surface area contributed by atoms with Crippen LogP contribution in [-0.4, -0.2) is 20.9 Å². The second kappa shape index (κ2) is 5.65. The Morgan fingerprint density at radius 3 is 3.05 bits per heavy atom. The maximum absolute atomic E-state index is 12.2. The number of rotatable bonds is 4. The molecule has 2 heterocycles. The minimum atomic E-state index is -0.104. The molecule has 1 amide bonds. The molecule has 6 heteroatoms. The van der Waals surface area contributed by atoms with Crippen molar-refractivity contribution in [2.24, 2.45) is 0 Å². The SMILES string of the molecule is CC(C)c1csc(CNC(=O)c2ccc3nc[nH]c3c2)n1. The Labute approximate surface area is 126 Å². The van der Waals surface area contributed by atoms with Crippen LogP contribution >= 0.6 is 11.3 Å². The highest BCUT2D eigenvalue weighted by Crippen LogP contribution is 2.18. The second-order valence-electron chi connectivity index (χ2n) is 5.14. The van der Waals surface area contributed by atoms with Crippen LogP contribution in [0, 0.1) is 0 Å². The molecule has 1 aromatic carbocycles. The van der Waals surface area contributed by atoms with Gasteiger partial charge in [-0.2, -0.15) is 0 Å². The van der Waals surface area contributed by atoms with Crippen molar-refractivity contribution in [3.05, 3.63) is 46.2 Å². The molecule has 3 aromatic rings. The molecule has 5 nitrogen and oxygen atoms in total. The number of carbonyl (C=O) groups excluding carboxylic acids is 1. The summed E-state index contributed by atoms with van der Waals surface area (Å²) < 4.78 is 0. The third kappa shape index (κ3) is 2.95. The molecule has 2 aromatic heterocycles. The summed E-state index contributed by atoms with van der Waals surface area (Å²) in [5.74, 6) is 0.307. The monoisotopic (exact) mass is 300 g/mol. The molecule has 0 unspecified atom stereocenters. The topological polar surface area (TPSA) is 70.7 Å². The van der Waals surface area contributed by atoms with Crippen LogP contribution < -0.4 is 5.32 Å². The smallest absolute Gasteiger partial charge is 0.251 e. The number of fused-ring (bicyclic) bond motifs is 1. The lowest BCUT2D eigenvalue weighted by atomic mass is 10.2. The first kappa shape index (κ1) is 13.8. The number of amides is 1. The molecular formula is C15H16N4OS. The van der Waals surface area contributed by atoms with Gasteiger partial charge in [0.25, 0.3) is 5.91 Å². The number of thiazole rings is 1. The van der Waals surface area contributed by atoms with E-state index in [0.29, 0.717) is 18.0 Å². The number of aromatic amines is 1. The Kier molecular flexibility index (Phi) is 3.70. The molecule has 0 radical (unpaired) electrons. The number of H-pyrrole nitrogens is 1. The molecule has 21 heavy (non-hydrogen) atoms. The van der Waals surface area contributed by atoms with Crippen LogP contribution in [0.3, 0.4) is 0 Å². The van der Waals surface area contributed by atoms with Crippen LogP contribution in [0.15, 0.2) is 29.9 Å². The molecule has 0 aliphatic heterocycles. The molecule has 0 saturated heterocycles. The number of nitrogens with one attached hydrogen (secondary N) is 2. The maximum atomic E-state index is 12.2. The number of hydrogen-bond acceptors (Lipinski definition) is 4. The van der Waals surface area contributed by atoms with Crippen molar-refractivity contribution in [1.82, 2.24) is 20.3 Å². The first-order chi connectivity index (χ1) is 10.1. The maximum Gasteiger partial charge on any atom is 0.251 e. The van der Waals surface area contributed by atoms with Gasteiger partial charge in [-0.3, -0.25) is 4.79 Å². The molecule has 0 bridgehead atoms. The van der Waals surface area contributed by atoms with E-state index >= 15 is 0 Å². The van der Waals surface area contributed by atoms with Gasteiger partial charge in [0.1, 0.15) is 5.01 Å². The van der Waals surface area contributed by atoms with Crippen molar-refractivity contribution in [1.29, 1.82) is 0 Å². The lowest BCUT2D eigenvalue weighted by Gasteiger charge is -2.03. The average Bonchev–Trinajstić information content (AvgIpc) is 3.12. The molecular weight excluding hydrogens is 284 g/mol. The van der Waals surface area contributed by atoms with Crippen LogP contribution in [0.2, 0.25) is 0 Å². The van der Waals surface area contributed by atoms with Gasteiger partial charge in [0.15, 0.2) is 0 Å². The minimum absolute atomic E-state index is 0.104. The van der Waals surface area contributed by atoms with Crippen molar-refractivity contribution in [2.75, 3.05) is 0 Å². The van der Waals surface area contributed by atoms with E-state index in [-0.39, 0.29) is 5.91 Å². The molecule has 3 rings (SSSR count). The highest BCUT2D eigenvalue weighted by atomic mass is 32.1. The summed E-state index contributed by atoms with van der Waals surface area (Å²) in [5.41, 5.74) is 3.41. The molecule has 2 N–H and O–H groups in total. The third-order valence-electron chi connectivity index (χ3n) is 3.24. The van der Waals surface area contributed by atoms with Gasteiger partial charge in [0.2, 0.25) is 0 Å². The highest BCUT2D eigenvalue weighted by molar-refractivity contribution is 7.09. The Bertz CT molecular complexity index is 775. The van der Waals surface area contributed by atoms with Gasteiger partial charge in [-0.1, -0.05) is 13.8 Å². The lowest BCUT2D eigenvalue weighted by Crippen LogP contribution is -2.22. The van der Waals surface area contributed by atoms with Gasteiger partial charge in [0, 0.05) is 10.9 Å². The largest absolute Gasteiger partial charge is 0.346 e. The summed E-state index contributed by atoms with van der Waals surface area (Å²) in [6, 6.07) is 5.42.